The Bertz CT molecular complexity index is 918. The minimum absolute atomic E-state index is 0.0520. The summed E-state index contributed by atoms with van der Waals surface area (Å²) in [5, 5.41) is 23.1. The fourth-order valence-electron chi connectivity index (χ4n) is 7.09. The van der Waals surface area contributed by atoms with E-state index < -0.39 is 58.1 Å². The molecule has 2 aliphatic heterocycles. The minimum Gasteiger partial charge on any atom is -0.462 e. The maximum atomic E-state index is 12.7. The first-order valence-electron chi connectivity index (χ1n) is 12.5. The number of epoxide rings is 1. The molecule has 3 fully saturated rings. The summed E-state index contributed by atoms with van der Waals surface area (Å²) in [6.45, 7) is 8.62. The molecule has 35 heavy (non-hydrogen) atoms. The number of rotatable bonds is 7. The Kier molecular flexibility index (Phi) is 6.60. The van der Waals surface area contributed by atoms with Crippen molar-refractivity contribution >= 4 is 17.9 Å². The minimum atomic E-state index is -1.43. The predicted octanol–water partition coefficient (Wildman–Crippen LogP) is 2.07. The number of ether oxygens (including phenoxy) is 4. The van der Waals surface area contributed by atoms with Gasteiger partial charge in [0.15, 0.2) is 0 Å². The second-order valence-electron chi connectivity index (χ2n) is 11.5. The lowest BCUT2D eigenvalue weighted by Gasteiger charge is -2.66. The third-order valence-corrected chi connectivity index (χ3v) is 9.22. The van der Waals surface area contributed by atoms with Gasteiger partial charge >= 0.3 is 17.9 Å². The summed E-state index contributed by atoms with van der Waals surface area (Å²) in [6.07, 6.45) is 2.21. The number of carbonyl (C=O) groups is 3. The van der Waals surface area contributed by atoms with Gasteiger partial charge in [0.25, 0.3) is 0 Å². The van der Waals surface area contributed by atoms with E-state index in [-0.39, 0.29) is 32.0 Å². The normalized spacial score (nSPS) is 41.1. The molecule has 0 unspecified atom stereocenters. The van der Waals surface area contributed by atoms with Crippen LogP contribution >= 0.6 is 0 Å². The van der Waals surface area contributed by atoms with Crippen LogP contribution in [0.25, 0.3) is 0 Å². The van der Waals surface area contributed by atoms with Gasteiger partial charge in [-0.25, -0.2) is 4.79 Å². The maximum absolute atomic E-state index is 12.7. The summed E-state index contributed by atoms with van der Waals surface area (Å²) < 4.78 is 23.0. The molecular formula is C26H38O9. The quantitative estimate of drug-likeness (QED) is 0.310. The van der Waals surface area contributed by atoms with Gasteiger partial charge in [0, 0.05) is 31.3 Å². The van der Waals surface area contributed by atoms with Crippen molar-refractivity contribution in [1.29, 1.82) is 0 Å². The second-order valence-corrected chi connectivity index (χ2v) is 11.5. The first-order chi connectivity index (χ1) is 16.3. The number of esters is 3. The zero-order chi connectivity index (χ0) is 25.8. The van der Waals surface area contributed by atoms with Gasteiger partial charge < -0.3 is 29.2 Å². The average Bonchev–Trinajstić information content (AvgIpc) is 3.43. The lowest BCUT2D eigenvalue weighted by molar-refractivity contribution is -0.287. The van der Waals surface area contributed by atoms with E-state index in [1.807, 2.05) is 6.92 Å². The number of aliphatic hydroxyl groups is 2. The molecule has 7 atom stereocenters. The molecule has 0 aromatic rings. The van der Waals surface area contributed by atoms with E-state index in [0.717, 1.165) is 6.42 Å². The van der Waals surface area contributed by atoms with E-state index in [4.69, 9.17) is 18.9 Å². The van der Waals surface area contributed by atoms with E-state index >= 15 is 0 Å². The summed E-state index contributed by atoms with van der Waals surface area (Å²) in [4.78, 5) is 36.7. The molecule has 196 valence electrons. The molecule has 2 heterocycles. The van der Waals surface area contributed by atoms with Gasteiger partial charge in [-0.05, 0) is 31.3 Å². The summed E-state index contributed by atoms with van der Waals surface area (Å²) in [5.74, 6) is -2.12. The summed E-state index contributed by atoms with van der Waals surface area (Å²) >= 11 is 0. The van der Waals surface area contributed by atoms with Crippen molar-refractivity contribution in [3.63, 3.8) is 0 Å². The Morgan fingerprint density at radius 2 is 1.97 bits per heavy atom. The van der Waals surface area contributed by atoms with Crippen LogP contribution in [0.1, 0.15) is 66.7 Å². The lowest BCUT2D eigenvalue weighted by atomic mass is 9.41. The van der Waals surface area contributed by atoms with Crippen LogP contribution in [0, 0.1) is 22.7 Å². The molecule has 0 aromatic heterocycles. The Morgan fingerprint density at radius 1 is 1.29 bits per heavy atom. The van der Waals surface area contributed by atoms with Crippen molar-refractivity contribution in [2.75, 3.05) is 19.8 Å². The molecule has 4 aliphatic rings. The zero-order valence-corrected chi connectivity index (χ0v) is 21.3. The third-order valence-electron chi connectivity index (χ3n) is 9.22. The lowest BCUT2D eigenvalue weighted by Crippen LogP contribution is -2.74. The zero-order valence-electron chi connectivity index (χ0n) is 21.3. The van der Waals surface area contributed by atoms with Gasteiger partial charge in [-0.3, -0.25) is 9.59 Å². The van der Waals surface area contributed by atoms with E-state index in [9.17, 15) is 24.6 Å². The van der Waals surface area contributed by atoms with E-state index in [0.29, 0.717) is 25.0 Å². The van der Waals surface area contributed by atoms with Gasteiger partial charge in [-0.2, -0.15) is 0 Å². The van der Waals surface area contributed by atoms with E-state index in [1.54, 1.807) is 20.8 Å². The number of hydrogen-bond donors (Lipinski definition) is 2. The van der Waals surface area contributed by atoms with E-state index in [2.05, 4.69) is 0 Å². The molecule has 9 nitrogen and oxygen atoms in total. The van der Waals surface area contributed by atoms with Crippen LogP contribution in [0.2, 0.25) is 0 Å². The number of aliphatic hydroxyl groups excluding tert-OH is 1. The number of fused-ring (bicyclic) bond motifs is 2. The SMILES string of the molecule is CC(=O)O[C@@H](CC1=CC(=O)OC1)[C@]1(C)[C@H]2CCC[C@]3(CO3)[C@]2(CO)[C@@H](OC(=O)C(C)C)C[C@]1(C)O. The Labute approximate surface area is 206 Å². The molecule has 2 aliphatic carbocycles. The molecule has 4 rings (SSSR count). The molecule has 0 amide bonds. The van der Waals surface area contributed by atoms with Crippen LogP contribution in [-0.2, 0) is 33.3 Å². The molecule has 1 spiro atoms. The molecule has 0 aromatic carbocycles. The fraction of sp³-hybridized carbons (Fsp3) is 0.808. The Morgan fingerprint density at radius 3 is 2.49 bits per heavy atom. The van der Waals surface area contributed by atoms with Crippen molar-refractivity contribution in [3.8, 4) is 0 Å². The van der Waals surface area contributed by atoms with Gasteiger partial charge in [0.1, 0.15) is 24.4 Å². The first kappa shape index (κ1) is 26.1. The molecule has 9 heteroatoms. The Hall–Kier alpha value is -1.97. The smallest absolute Gasteiger partial charge is 0.331 e. The largest absolute Gasteiger partial charge is 0.462 e. The highest BCUT2D eigenvalue weighted by Crippen LogP contribution is 2.70. The highest BCUT2D eigenvalue weighted by molar-refractivity contribution is 5.85. The predicted molar refractivity (Wildman–Crippen MR) is 123 cm³/mol. The van der Waals surface area contributed by atoms with Crippen molar-refractivity contribution in [1.82, 2.24) is 0 Å². The van der Waals surface area contributed by atoms with Gasteiger partial charge in [-0.1, -0.05) is 27.2 Å². The van der Waals surface area contributed by atoms with Crippen LogP contribution in [0.15, 0.2) is 11.6 Å². The van der Waals surface area contributed by atoms with Crippen LogP contribution in [0.4, 0.5) is 0 Å². The Balaban J connectivity index is 1.83. The van der Waals surface area contributed by atoms with Crippen LogP contribution < -0.4 is 0 Å². The van der Waals surface area contributed by atoms with Crippen molar-refractivity contribution in [2.24, 2.45) is 22.7 Å². The molecule has 2 saturated carbocycles. The van der Waals surface area contributed by atoms with Gasteiger partial charge in [0.2, 0.25) is 0 Å². The first-order valence-corrected chi connectivity index (χ1v) is 12.5. The van der Waals surface area contributed by atoms with Crippen LogP contribution in [0.3, 0.4) is 0 Å². The summed E-state index contributed by atoms with van der Waals surface area (Å²) in [7, 11) is 0. The van der Waals surface area contributed by atoms with Crippen LogP contribution in [-0.4, -0.2) is 71.4 Å². The second kappa shape index (κ2) is 8.85. The summed E-state index contributed by atoms with van der Waals surface area (Å²) in [6, 6.07) is 0. The molecule has 2 N–H and O–H groups in total. The standard InChI is InChI=1S/C26H38O9/c1-15(2)22(30)35-20-11-23(4,31)24(5,18-7-6-8-25(14-33-25)26(18,20)13-27)19(34-16(3)28)9-17-10-21(29)32-12-17/h10,15,18-20,27,31H,6-9,11-14H2,1-5H3/t18-,19+,20+,23+,24+,25+,26+/m1/s1. The molecule has 0 bridgehead atoms. The van der Waals surface area contributed by atoms with Gasteiger partial charge in [0.05, 0.1) is 30.1 Å². The van der Waals surface area contributed by atoms with Gasteiger partial charge in [-0.15, -0.1) is 0 Å². The van der Waals surface area contributed by atoms with Crippen molar-refractivity contribution in [3.05, 3.63) is 11.6 Å². The number of carbonyl (C=O) groups excluding carboxylic acids is 3. The maximum Gasteiger partial charge on any atom is 0.331 e. The molecule has 0 radical (unpaired) electrons. The van der Waals surface area contributed by atoms with Crippen LogP contribution in [0.5, 0.6) is 0 Å². The topological polar surface area (TPSA) is 132 Å². The van der Waals surface area contributed by atoms with Crippen molar-refractivity contribution in [2.45, 2.75) is 90.1 Å². The summed E-state index contributed by atoms with van der Waals surface area (Å²) in [5.41, 5.74) is -3.45. The number of cyclic esters (lactones) is 1. The molecular weight excluding hydrogens is 456 g/mol. The molecule has 1 saturated heterocycles. The van der Waals surface area contributed by atoms with E-state index in [1.165, 1.54) is 13.0 Å². The highest BCUT2D eigenvalue weighted by atomic mass is 16.6. The monoisotopic (exact) mass is 494 g/mol. The third kappa shape index (κ3) is 4.00. The fourth-order valence-corrected chi connectivity index (χ4v) is 7.09. The highest BCUT2D eigenvalue weighted by Gasteiger charge is 2.78. The van der Waals surface area contributed by atoms with Crippen molar-refractivity contribution < 1.29 is 43.5 Å². The average molecular weight is 495 g/mol. The number of hydrogen-bond acceptors (Lipinski definition) is 9.